The summed E-state index contributed by atoms with van der Waals surface area (Å²) in [5, 5.41) is 8.25. The Morgan fingerprint density at radius 3 is 2.38 bits per heavy atom. The van der Waals surface area contributed by atoms with Crippen LogP contribution in [0.3, 0.4) is 0 Å². The minimum Gasteiger partial charge on any atom is -0.317 e. The molecule has 1 aromatic heterocycles. The number of hydrogen-bond acceptors (Lipinski definition) is 5. The van der Waals surface area contributed by atoms with Crippen LogP contribution in [0, 0.1) is 20.8 Å². The number of sulfone groups is 1. The van der Waals surface area contributed by atoms with Crippen molar-refractivity contribution in [1.82, 2.24) is 14.8 Å². The van der Waals surface area contributed by atoms with Crippen LogP contribution in [-0.4, -0.2) is 29.0 Å². The number of hydrogen-bond donors (Lipinski definition) is 0. The minimum absolute atomic E-state index is 0.0407. The summed E-state index contributed by atoms with van der Waals surface area (Å²) in [5.41, 5.74) is 3.87. The molecule has 0 N–H and O–H groups in total. The molecule has 1 aromatic carbocycles. The highest BCUT2D eigenvalue weighted by molar-refractivity contribution is 7.89. The number of ketones is 1. The quantitative estimate of drug-likeness (QED) is 0.725. The van der Waals surface area contributed by atoms with E-state index in [1.807, 2.05) is 38.5 Å². The molecule has 0 bridgehead atoms. The van der Waals surface area contributed by atoms with Gasteiger partial charge in [-0.2, -0.15) is 0 Å². The molecule has 1 heterocycles. The second-order valence-corrected chi connectivity index (χ2v) is 9.45. The van der Waals surface area contributed by atoms with Gasteiger partial charge >= 0.3 is 0 Å². The average Bonchev–Trinajstić information content (AvgIpc) is 3.29. The molecule has 0 unspecified atom stereocenters. The average molecular weight is 375 g/mol. The second-order valence-electron chi connectivity index (χ2n) is 7.39. The third-order valence-electron chi connectivity index (χ3n) is 5.14. The first-order chi connectivity index (χ1) is 12.1. The maximum Gasteiger partial charge on any atom is 0.161 e. The minimum atomic E-state index is -3.44. The zero-order valence-electron chi connectivity index (χ0n) is 16.0. The molecule has 1 fully saturated rings. The molecule has 0 aliphatic heterocycles. The van der Waals surface area contributed by atoms with Crippen molar-refractivity contribution in [2.24, 2.45) is 7.05 Å². The predicted octanol–water partition coefficient (Wildman–Crippen LogP) is 2.94. The van der Waals surface area contributed by atoms with Crippen molar-refractivity contribution in [2.45, 2.75) is 58.0 Å². The normalized spacial score (nSPS) is 14.7. The zero-order valence-corrected chi connectivity index (χ0v) is 16.8. The number of benzene rings is 1. The Morgan fingerprint density at radius 2 is 1.81 bits per heavy atom. The topological polar surface area (TPSA) is 81.9 Å². The molecule has 1 saturated carbocycles. The molecule has 1 aliphatic rings. The van der Waals surface area contributed by atoms with Crippen LogP contribution in [0.15, 0.2) is 6.07 Å². The van der Waals surface area contributed by atoms with E-state index in [2.05, 4.69) is 10.2 Å². The van der Waals surface area contributed by atoms with E-state index in [4.69, 9.17) is 0 Å². The summed E-state index contributed by atoms with van der Waals surface area (Å²) in [4.78, 5) is 12.0. The van der Waals surface area contributed by atoms with Crippen molar-refractivity contribution in [1.29, 1.82) is 0 Å². The summed E-state index contributed by atoms with van der Waals surface area (Å²) in [6.45, 7) is 7.12. The lowest BCUT2D eigenvalue weighted by Crippen LogP contribution is -2.15. The lowest BCUT2D eigenvalue weighted by molar-refractivity contribution is 0.101. The van der Waals surface area contributed by atoms with E-state index in [1.165, 1.54) is 6.92 Å². The Kier molecular flexibility index (Phi) is 4.77. The third-order valence-corrected chi connectivity index (χ3v) is 6.56. The van der Waals surface area contributed by atoms with E-state index < -0.39 is 9.84 Å². The van der Waals surface area contributed by atoms with Crippen LogP contribution in [0.4, 0.5) is 0 Å². The number of rotatable bonds is 6. The van der Waals surface area contributed by atoms with Gasteiger partial charge in [-0.1, -0.05) is 6.07 Å². The van der Waals surface area contributed by atoms with Gasteiger partial charge in [0.05, 0.1) is 5.75 Å². The molecule has 0 saturated heterocycles. The van der Waals surface area contributed by atoms with Crippen molar-refractivity contribution in [3.05, 3.63) is 45.5 Å². The summed E-state index contributed by atoms with van der Waals surface area (Å²) < 4.78 is 27.5. The first-order valence-corrected chi connectivity index (χ1v) is 10.6. The van der Waals surface area contributed by atoms with Crippen molar-refractivity contribution < 1.29 is 13.2 Å². The molecule has 0 atom stereocenters. The zero-order chi connectivity index (χ0) is 19.2. The van der Waals surface area contributed by atoms with Gasteiger partial charge in [-0.3, -0.25) is 4.79 Å². The molecule has 1 aliphatic carbocycles. The summed E-state index contributed by atoms with van der Waals surface area (Å²) in [7, 11) is -1.61. The molecule has 0 radical (unpaired) electrons. The van der Waals surface area contributed by atoms with Gasteiger partial charge in [0.1, 0.15) is 17.4 Å². The van der Waals surface area contributed by atoms with E-state index in [9.17, 15) is 13.2 Å². The monoisotopic (exact) mass is 375 g/mol. The van der Waals surface area contributed by atoms with E-state index in [-0.39, 0.29) is 17.3 Å². The lowest BCUT2D eigenvalue weighted by Gasteiger charge is -2.16. The van der Waals surface area contributed by atoms with Gasteiger partial charge in [0.2, 0.25) is 0 Å². The van der Waals surface area contributed by atoms with Crippen molar-refractivity contribution in [3.63, 3.8) is 0 Å². The summed E-state index contributed by atoms with van der Waals surface area (Å²) in [6, 6.07) is 1.89. The third kappa shape index (κ3) is 3.58. The fourth-order valence-electron chi connectivity index (χ4n) is 3.66. The van der Waals surface area contributed by atoms with Crippen LogP contribution in [0.25, 0.3) is 0 Å². The number of carbonyl (C=O) groups is 1. The first-order valence-electron chi connectivity index (χ1n) is 8.80. The largest absolute Gasteiger partial charge is 0.317 e. The number of aryl methyl sites for hydroxylation is 2. The first kappa shape index (κ1) is 18.8. The lowest BCUT2D eigenvalue weighted by atomic mass is 9.92. The Balaban J connectivity index is 1.90. The molecule has 7 heteroatoms. The van der Waals surface area contributed by atoms with Gasteiger partial charge in [-0.15, -0.1) is 10.2 Å². The summed E-state index contributed by atoms with van der Waals surface area (Å²) >= 11 is 0. The Labute approximate surface area is 154 Å². The van der Waals surface area contributed by atoms with E-state index in [1.54, 1.807) is 0 Å². The number of Topliss-reactive ketones (excluding diaryl/α,β-unsaturated/α-hetero) is 1. The smallest absolute Gasteiger partial charge is 0.161 e. The van der Waals surface area contributed by atoms with Gasteiger partial charge in [-0.05, 0) is 62.8 Å². The standard InChI is InChI=1S/C19H25N3O3S/c1-11-8-12(2)18(14(4)23)13(3)16(11)9-26(24,25)10-17-20-21-19(22(17)5)15-6-7-15/h8,15H,6-7,9-10H2,1-5H3. The van der Waals surface area contributed by atoms with E-state index in [0.717, 1.165) is 35.4 Å². The molecule has 26 heavy (non-hydrogen) atoms. The van der Waals surface area contributed by atoms with Gasteiger partial charge in [0, 0.05) is 18.5 Å². The van der Waals surface area contributed by atoms with Crippen molar-refractivity contribution in [3.8, 4) is 0 Å². The molecule has 6 nitrogen and oxygen atoms in total. The summed E-state index contributed by atoms with van der Waals surface area (Å²) in [5.74, 6) is 1.48. The number of aromatic nitrogens is 3. The highest BCUT2D eigenvalue weighted by atomic mass is 32.2. The van der Waals surface area contributed by atoms with Crippen molar-refractivity contribution >= 4 is 15.6 Å². The maximum atomic E-state index is 12.8. The molecule has 0 spiro atoms. The molecular weight excluding hydrogens is 350 g/mol. The van der Waals surface area contributed by atoms with Crippen LogP contribution in [0.5, 0.6) is 0 Å². The van der Waals surface area contributed by atoms with Crippen LogP contribution >= 0.6 is 0 Å². The molecular formula is C19H25N3O3S. The van der Waals surface area contributed by atoms with Gasteiger partial charge in [-0.25, -0.2) is 8.42 Å². The second kappa shape index (κ2) is 6.61. The van der Waals surface area contributed by atoms with Crippen LogP contribution in [-0.2, 0) is 28.4 Å². The van der Waals surface area contributed by atoms with E-state index >= 15 is 0 Å². The highest BCUT2D eigenvalue weighted by Crippen LogP contribution is 2.38. The highest BCUT2D eigenvalue weighted by Gasteiger charge is 2.30. The predicted molar refractivity (Wildman–Crippen MR) is 100.0 cm³/mol. The summed E-state index contributed by atoms with van der Waals surface area (Å²) in [6.07, 6.45) is 2.18. The van der Waals surface area contributed by atoms with Crippen LogP contribution < -0.4 is 0 Å². The van der Waals surface area contributed by atoms with Gasteiger partial charge in [0.15, 0.2) is 15.6 Å². The fourth-order valence-corrected chi connectivity index (χ4v) is 5.29. The molecule has 2 aromatic rings. The Bertz CT molecular complexity index is 986. The molecule has 140 valence electrons. The van der Waals surface area contributed by atoms with E-state index in [0.29, 0.717) is 22.9 Å². The van der Waals surface area contributed by atoms with Gasteiger partial charge < -0.3 is 4.57 Å². The number of carbonyl (C=O) groups excluding carboxylic acids is 1. The fraction of sp³-hybridized carbons (Fsp3) is 0.526. The maximum absolute atomic E-state index is 12.8. The van der Waals surface area contributed by atoms with Crippen molar-refractivity contribution in [2.75, 3.05) is 0 Å². The SMILES string of the molecule is CC(=O)c1c(C)cc(C)c(CS(=O)(=O)Cc2nnc(C3CC3)n2C)c1C. The Hall–Kier alpha value is -2.02. The molecule has 3 rings (SSSR count). The Morgan fingerprint density at radius 1 is 1.15 bits per heavy atom. The van der Waals surface area contributed by atoms with Crippen LogP contribution in [0.2, 0.25) is 0 Å². The molecule has 0 amide bonds. The van der Waals surface area contributed by atoms with Gasteiger partial charge in [0.25, 0.3) is 0 Å². The number of nitrogens with zero attached hydrogens (tertiary/aromatic N) is 3. The van der Waals surface area contributed by atoms with Crippen LogP contribution in [0.1, 0.15) is 69.9 Å².